The van der Waals surface area contributed by atoms with Crippen LogP contribution in [0.5, 0.6) is 0 Å². The zero-order valence-corrected chi connectivity index (χ0v) is 51.8. The van der Waals surface area contributed by atoms with Gasteiger partial charge in [0.25, 0.3) is 0 Å². The van der Waals surface area contributed by atoms with E-state index >= 15 is 0 Å². The van der Waals surface area contributed by atoms with E-state index < -0.39 is 0 Å². The third-order valence-electron chi connectivity index (χ3n) is 19.4. The zero-order chi connectivity index (χ0) is 61.4. The Kier molecular flexibility index (Phi) is 13.2. The first kappa shape index (κ1) is 54.7. The van der Waals surface area contributed by atoms with Crippen LogP contribution in [-0.2, 0) is 5.41 Å². The molecule has 0 radical (unpaired) electrons. The summed E-state index contributed by atoms with van der Waals surface area (Å²) in [5.41, 5.74) is 16.7. The van der Waals surface area contributed by atoms with Crippen molar-refractivity contribution < 1.29 is 0 Å². The van der Waals surface area contributed by atoms with Crippen molar-refractivity contribution in [2.75, 3.05) is 0 Å². The lowest BCUT2D eigenvalue weighted by Crippen LogP contribution is -2.10. The van der Waals surface area contributed by atoms with E-state index in [0.29, 0.717) is 0 Å². The summed E-state index contributed by atoms with van der Waals surface area (Å²) in [5.74, 6) is 0. The van der Waals surface area contributed by atoms with Crippen molar-refractivity contribution in [2.24, 2.45) is 0 Å². The average molecular weight is 1170 g/mol. The number of benzene rings is 18. The zero-order valence-electron chi connectivity index (χ0n) is 51.8. The van der Waals surface area contributed by atoms with Crippen LogP contribution in [0.2, 0.25) is 0 Å². The van der Waals surface area contributed by atoms with Crippen molar-refractivity contribution in [1.82, 2.24) is 0 Å². The number of fused-ring (bicyclic) bond motifs is 10. The van der Waals surface area contributed by atoms with Crippen LogP contribution < -0.4 is 0 Å². The normalized spacial score (nSPS) is 11.9. The average Bonchev–Trinajstić information content (AvgIpc) is 0.709. The third-order valence-corrected chi connectivity index (χ3v) is 19.4. The molecule has 0 heterocycles. The highest BCUT2D eigenvalue weighted by molar-refractivity contribution is 6.33. The predicted molar refractivity (Wildman–Crippen MR) is 399 cm³/mol. The molecule has 432 valence electrons. The second kappa shape index (κ2) is 22.2. The van der Waals surface area contributed by atoms with Gasteiger partial charge >= 0.3 is 0 Å². The van der Waals surface area contributed by atoms with E-state index in [0.717, 1.165) is 0 Å². The van der Waals surface area contributed by atoms with Crippen LogP contribution in [-0.4, -0.2) is 0 Å². The van der Waals surface area contributed by atoms with Crippen molar-refractivity contribution >= 4 is 108 Å². The van der Waals surface area contributed by atoms with Crippen LogP contribution in [0.25, 0.3) is 174 Å². The Hall–Kier alpha value is -11.4. The second-order valence-corrected chi connectivity index (χ2v) is 25.7. The number of hydrogen-bond acceptors (Lipinski definition) is 0. The molecular formula is C92H64. The first-order chi connectivity index (χ1) is 45.3. The molecule has 0 fully saturated rings. The fourth-order valence-electron chi connectivity index (χ4n) is 15.3. The molecule has 92 heavy (non-hydrogen) atoms. The monoisotopic (exact) mass is 1170 g/mol. The van der Waals surface area contributed by atoms with E-state index in [1.165, 1.54) is 180 Å². The summed E-state index contributed by atoms with van der Waals surface area (Å²) in [5, 5.41) is 25.5. The highest BCUT2D eigenvalue weighted by Crippen LogP contribution is 2.54. The Morgan fingerprint density at radius 3 is 0.674 bits per heavy atom. The van der Waals surface area contributed by atoms with Gasteiger partial charge < -0.3 is 0 Å². The fraction of sp³-hybridized carbons (Fsp3) is 0.0435. The van der Waals surface area contributed by atoms with Gasteiger partial charge in [-0.05, 0) is 204 Å². The second-order valence-electron chi connectivity index (χ2n) is 25.7. The molecular weight excluding hydrogens is 1110 g/mol. The molecule has 0 N–H and O–H groups in total. The van der Waals surface area contributed by atoms with Crippen molar-refractivity contribution in [3.05, 3.63) is 339 Å². The molecule has 18 aromatic rings. The summed E-state index contributed by atoms with van der Waals surface area (Å²) >= 11 is 0. The minimum absolute atomic E-state index is 0.0591. The van der Waals surface area contributed by atoms with Gasteiger partial charge in [-0.15, -0.1) is 0 Å². The van der Waals surface area contributed by atoms with Gasteiger partial charge in [0.15, 0.2) is 0 Å². The van der Waals surface area contributed by atoms with Gasteiger partial charge in [0, 0.05) is 0 Å². The van der Waals surface area contributed by atoms with E-state index in [2.05, 4.69) is 354 Å². The van der Waals surface area contributed by atoms with Gasteiger partial charge in [0.1, 0.15) is 0 Å². The molecule has 0 aliphatic carbocycles. The molecule has 18 rings (SSSR count). The maximum Gasteiger partial charge on any atom is -0.00139 e. The van der Waals surface area contributed by atoms with E-state index in [1.807, 2.05) is 0 Å². The molecule has 0 nitrogen and oxygen atoms in total. The Balaban J connectivity index is 0.000000150. The Bertz CT molecular complexity index is 5570. The van der Waals surface area contributed by atoms with Gasteiger partial charge in [-0.3, -0.25) is 0 Å². The number of rotatable bonds is 6. The van der Waals surface area contributed by atoms with Gasteiger partial charge in [-0.25, -0.2) is 0 Å². The lowest BCUT2D eigenvalue weighted by molar-refractivity contribution is 0.591. The Labute approximate surface area is 536 Å². The molecule has 0 heteroatoms. The molecule has 18 aromatic carbocycles. The van der Waals surface area contributed by atoms with Crippen LogP contribution in [0.3, 0.4) is 0 Å². The van der Waals surface area contributed by atoms with Crippen molar-refractivity contribution in [3.63, 3.8) is 0 Å². The first-order valence-corrected chi connectivity index (χ1v) is 32.2. The van der Waals surface area contributed by atoms with Crippen LogP contribution in [0, 0.1) is 0 Å². The molecule has 0 aliphatic heterocycles. The summed E-state index contributed by atoms with van der Waals surface area (Å²) in [4.78, 5) is 0. The Morgan fingerprint density at radius 2 is 0.380 bits per heavy atom. The summed E-state index contributed by atoms with van der Waals surface area (Å²) in [7, 11) is 0. The quantitative estimate of drug-likeness (QED) is 0.146. The van der Waals surface area contributed by atoms with Crippen LogP contribution >= 0.6 is 0 Å². The SMILES string of the molecule is CC(C)(C)c1ccc2c(-c3ccc4ccccc4c3)c3ccccc3c(-c3ccc4ccccc4c3)c2c1.c1ccc(-c2c3ccccc3c(-c3c4ccccc4c(-c4c5ccccc5c(-c5ccccc5)c5ccccc45)c4ccccc34)c3ccccc23)cc1. The Morgan fingerprint density at radius 1 is 0.152 bits per heavy atom. The largest absolute Gasteiger partial charge is 0.0622 e. The minimum Gasteiger partial charge on any atom is -0.0622 e. The van der Waals surface area contributed by atoms with E-state index in [9.17, 15) is 0 Å². The molecule has 0 aliphatic rings. The predicted octanol–water partition coefficient (Wildman–Crippen LogP) is 26.2. The molecule has 0 aromatic heterocycles. The summed E-state index contributed by atoms with van der Waals surface area (Å²) in [6, 6.07) is 123. The lowest BCUT2D eigenvalue weighted by atomic mass is 9.79. The molecule has 0 spiro atoms. The van der Waals surface area contributed by atoms with Gasteiger partial charge in [-0.1, -0.05) is 336 Å². The maximum atomic E-state index is 2.44. The third kappa shape index (κ3) is 9.05. The van der Waals surface area contributed by atoms with Gasteiger partial charge in [0.2, 0.25) is 0 Å². The van der Waals surface area contributed by atoms with Crippen LogP contribution in [0.4, 0.5) is 0 Å². The highest BCUT2D eigenvalue weighted by Gasteiger charge is 2.26. The molecule has 0 amide bonds. The van der Waals surface area contributed by atoms with E-state index in [4.69, 9.17) is 0 Å². The molecule has 0 unspecified atom stereocenters. The molecule has 0 atom stereocenters. The summed E-state index contributed by atoms with van der Waals surface area (Å²) < 4.78 is 0. The summed E-state index contributed by atoms with van der Waals surface area (Å²) in [6.07, 6.45) is 0. The van der Waals surface area contributed by atoms with Gasteiger partial charge in [0.05, 0.1) is 0 Å². The van der Waals surface area contributed by atoms with Gasteiger partial charge in [-0.2, -0.15) is 0 Å². The highest BCUT2D eigenvalue weighted by atomic mass is 14.3. The molecule has 0 saturated carbocycles. The minimum atomic E-state index is 0.0591. The smallest absolute Gasteiger partial charge is 0.00139 e. The van der Waals surface area contributed by atoms with E-state index in [1.54, 1.807) is 0 Å². The lowest BCUT2D eigenvalue weighted by Gasteiger charge is -2.24. The van der Waals surface area contributed by atoms with Crippen molar-refractivity contribution in [3.8, 4) is 66.8 Å². The first-order valence-electron chi connectivity index (χ1n) is 32.2. The summed E-state index contributed by atoms with van der Waals surface area (Å²) in [6.45, 7) is 6.90. The van der Waals surface area contributed by atoms with Crippen molar-refractivity contribution in [2.45, 2.75) is 26.2 Å². The topological polar surface area (TPSA) is 0 Å². The van der Waals surface area contributed by atoms with Crippen LogP contribution in [0.1, 0.15) is 26.3 Å². The van der Waals surface area contributed by atoms with Crippen molar-refractivity contribution in [1.29, 1.82) is 0 Å². The van der Waals surface area contributed by atoms with Crippen LogP contribution in [0.15, 0.2) is 334 Å². The fourth-order valence-corrected chi connectivity index (χ4v) is 15.3. The standard InChI is InChI=1S/C54H34.C38H30/c1-3-19-35(20-4-1)49-37-23-7-11-27-41(37)51(42-28-12-8-24-38(42)49)53-45-31-15-17-33-47(45)54(48-34-18-16-32-46(48)53)52-43-29-13-9-25-39(43)50(36-21-5-2-6-22-36)40-26-10-14-30-44(40)52;1-38(2,3)31-20-21-34-35(24-31)37(30-19-17-26-11-5-7-13-28(26)23-30)33-15-9-8-14-32(33)36(34)29-18-16-25-10-4-6-12-27(25)22-29/h1-34H;4-24H,1-3H3. The number of hydrogen-bond donors (Lipinski definition) is 0. The van der Waals surface area contributed by atoms with E-state index in [-0.39, 0.29) is 5.41 Å². The molecule has 0 bridgehead atoms. The maximum absolute atomic E-state index is 2.44. The molecule has 0 saturated heterocycles.